The lowest BCUT2D eigenvalue weighted by Gasteiger charge is -2.26. The van der Waals surface area contributed by atoms with Crippen molar-refractivity contribution in [2.75, 3.05) is 13.1 Å². The molecule has 19 heavy (non-hydrogen) atoms. The Bertz CT molecular complexity index is 606. The van der Waals surface area contributed by atoms with Gasteiger partial charge in [-0.1, -0.05) is 33.3 Å². The monoisotopic (exact) mass is 320 g/mol. The number of carbonyl (C=O) groups is 1. The van der Waals surface area contributed by atoms with Gasteiger partial charge in [-0.15, -0.1) is 5.10 Å². The number of benzene rings is 1. The molecule has 0 radical (unpaired) electrons. The van der Waals surface area contributed by atoms with E-state index in [4.69, 9.17) is 0 Å². The number of rotatable bonds is 4. The summed E-state index contributed by atoms with van der Waals surface area (Å²) < 4.78 is 2.74. The Morgan fingerprint density at radius 1 is 1.47 bits per heavy atom. The van der Waals surface area contributed by atoms with Gasteiger partial charge in [-0.25, -0.2) is 4.68 Å². The van der Waals surface area contributed by atoms with Gasteiger partial charge in [0.25, 0.3) is 0 Å². The molecule has 1 aromatic carbocycles. The Morgan fingerprint density at radius 3 is 3.00 bits per heavy atom. The van der Waals surface area contributed by atoms with Crippen molar-refractivity contribution in [1.82, 2.24) is 20.3 Å². The standard InChI is InChI=1S/C13H13BrN4O/c14-10-3-1-2-9(4-10)5-13(19)12-8-18(17-16-12)11-6-15-7-11/h1-4,8,11,15H,5-7H2. The second kappa shape index (κ2) is 5.22. The average Bonchev–Trinajstić information content (AvgIpc) is 2.76. The van der Waals surface area contributed by atoms with E-state index in [1.165, 1.54) is 0 Å². The molecule has 1 N–H and O–H groups in total. The van der Waals surface area contributed by atoms with Crippen molar-refractivity contribution in [3.63, 3.8) is 0 Å². The normalized spacial score (nSPS) is 15.2. The van der Waals surface area contributed by atoms with Crippen LogP contribution in [0.2, 0.25) is 0 Å². The van der Waals surface area contributed by atoms with Crippen LogP contribution in [0.15, 0.2) is 34.9 Å². The van der Waals surface area contributed by atoms with E-state index in [-0.39, 0.29) is 5.78 Å². The number of halogens is 1. The number of hydrogen-bond acceptors (Lipinski definition) is 4. The quantitative estimate of drug-likeness (QED) is 0.869. The van der Waals surface area contributed by atoms with Crippen LogP contribution in [0.1, 0.15) is 22.1 Å². The van der Waals surface area contributed by atoms with Gasteiger partial charge >= 0.3 is 0 Å². The third-order valence-electron chi connectivity index (χ3n) is 3.18. The van der Waals surface area contributed by atoms with Crippen LogP contribution in [0.25, 0.3) is 0 Å². The highest BCUT2D eigenvalue weighted by atomic mass is 79.9. The van der Waals surface area contributed by atoms with Crippen LogP contribution in [0.4, 0.5) is 0 Å². The molecule has 0 unspecified atom stereocenters. The van der Waals surface area contributed by atoms with E-state index in [0.717, 1.165) is 23.1 Å². The fourth-order valence-corrected chi connectivity index (χ4v) is 2.41. The number of hydrogen-bond donors (Lipinski definition) is 1. The van der Waals surface area contributed by atoms with E-state index in [0.29, 0.717) is 18.2 Å². The fraction of sp³-hybridized carbons (Fsp3) is 0.308. The maximum Gasteiger partial charge on any atom is 0.189 e. The smallest absolute Gasteiger partial charge is 0.189 e. The van der Waals surface area contributed by atoms with E-state index in [2.05, 4.69) is 31.6 Å². The summed E-state index contributed by atoms with van der Waals surface area (Å²) >= 11 is 3.40. The highest BCUT2D eigenvalue weighted by Crippen LogP contribution is 2.14. The minimum atomic E-state index is -0.00312. The van der Waals surface area contributed by atoms with Crippen molar-refractivity contribution in [3.05, 3.63) is 46.2 Å². The number of Topliss-reactive ketones (excluding diaryl/α,β-unsaturated/α-hetero) is 1. The summed E-state index contributed by atoms with van der Waals surface area (Å²) in [4.78, 5) is 12.1. The molecular formula is C13H13BrN4O. The molecule has 0 amide bonds. The number of nitrogens with one attached hydrogen (secondary N) is 1. The fourth-order valence-electron chi connectivity index (χ4n) is 1.97. The zero-order valence-electron chi connectivity index (χ0n) is 10.2. The van der Waals surface area contributed by atoms with Crippen molar-refractivity contribution >= 4 is 21.7 Å². The third-order valence-corrected chi connectivity index (χ3v) is 3.68. The lowest BCUT2D eigenvalue weighted by Crippen LogP contribution is -2.43. The minimum Gasteiger partial charge on any atom is -0.312 e. The van der Waals surface area contributed by atoms with Gasteiger partial charge in [0.2, 0.25) is 0 Å². The Morgan fingerprint density at radius 2 is 2.32 bits per heavy atom. The van der Waals surface area contributed by atoms with Gasteiger partial charge in [-0.05, 0) is 17.7 Å². The van der Waals surface area contributed by atoms with Crippen LogP contribution in [0.5, 0.6) is 0 Å². The highest BCUT2D eigenvalue weighted by Gasteiger charge is 2.21. The van der Waals surface area contributed by atoms with Crippen LogP contribution in [-0.4, -0.2) is 33.9 Å². The molecule has 0 aliphatic carbocycles. The Hall–Kier alpha value is -1.53. The first-order chi connectivity index (χ1) is 9.22. The summed E-state index contributed by atoms with van der Waals surface area (Å²) in [5.74, 6) is -0.00312. The molecular weight excluding hydrogens is 308 g/mol. The first kappa shape index (κ1) is 12.5. The molecule has 1 saturated heterocycles. The summed E-state index contributed by atoms with van der Waals surface area (Å²) in [6.45, 7) is 1.78. The Labute approximate surface area is 119 Å². The zero-order valence-corrected chi connectivity index (χ0v) is 11.8. The maximum absolute atomic E-state index is 12.1. The molecule has 2 aromatic rings. The summed E-state index contributed by atoms with van der Waals surface area (Å²) in [5, 5.41) is 11.1. The molecule has 0 bridgehead atoms. The van der Waals surface area contributed by atoms with Gasteiger partial charge in [0.1, 0.15) is 5.69 Å². The molecule has 5 nitrogen and oxygen atoms in total. The molecule has 2 heterocycles. The van der Waals surface area contributed by atoms with Crippen LogP contribution >= 0.6 is 15.9 Å². The highest BCUT2D eigenvalue weighted by molar-refractivity contribution is 9.10. The van der Waals surface area contributed by atoms with E-state index in [1.54, 1.807) is 10.9 Å². The van der Waals surface area contributed by atoms with Crippen molar-refractivity contribution < 1.29 is 4.79 Å². The lowest BCUT2D eigenvalue weighted by molar-refractivity contribution is 0.0988. The van der Waals surface area contributed by atoms with Gasteiger partial charge in [0, 0.05) is 24.0 Å². The van der Waals surface area contributed by atoms with Crippen molar-refractivity contribution in [1.29, 1.82) is 0 Å². The largest absolute Gasteiger partial charge is 0.312 e. The van der Waals surface area contributed by atoms with Gasteiger partial charge < -0.3 is 5.32 Å². The second-order valence-electron chi connectivity index (χ2n) is 4.63. The van der Waals surface area contributed by atoms with Crippen LogP contribution in [0, 0.1) is 0 Å². The topological polar surface area (TPSA) is 59.8 Å². The predicted molar refractivity (Wildman–Crippen MR) is 74.1 cm³/mol. The van der Waals surface area contributed by atoms with Gasteiger partial charge in [-0.3, -0.25) is 4.79 Å². The lowest BCUT2D eigenvalue weighted by atomic mass is 10.1. The molecule has 1 fully saturated rings. The molecule has 1 aliphatic rings. The van der Waals surface area contributed by atoms with Gasteiger partial charge in [0.15, 0.2) is 5.78 Å². The van der Waals surface area contributed by atoms with Crippen molar-refractivity contribution in [3.8, 4) is 0 Å². The van der Waals surface area contributed by atoms with Gasteiger partial charge in [0.05, 0.1) is 12.2 Å². The number of carbonyl (C=O) groups excluding carboxylic acids is 1. The first-order valence-corrected chi connectivity index (χ1v) is 6.92. The van der Waals surface area contributed by atoms with Crippen LogP contribution in [-0.2, 0) is 6.42 Å². The first-order valence-electron chi connectivity index (χ1n) is 6.12. The zero-order chi connectivity index (χ0) is 13.2. The summed E-state index contributed by atoms with van der Waals surface area (Å²) in [6, 6.07) is 8.07. The molecule has 3 rings (SSSR count). The molecule has 0 saturated carbocycles. The predicted octanol–water partition coefficient (Wildman–Crippen LogP) is 1.61. The maximum atomic E-state index is 12.1. The number of ketones is 1. The van der Waals surface area contributed by atoms with Crippen molar-refractivity contribution in [2.24, 2.45) is 0 Å². The van der Waals surface area contributed by atoms with Crippen molar-refractivity contribution in [2.45, 2.75) is 12.5 Å². The third kappa shape index (κ3) is 2.74. The molecule has 1 aromatic heterocycles. The Kier molecular flexibility index (Phi) is 3.44. The van der Waals surface area contributed by atoms with Gasteiger partial charge in [-0.2, -0.15) is 0 Å². The molecule has 0 spiro atoms. The van der Waals surface area contributed by atoms with Crippen LogP contribution < -0.4 is 5.32 Å². The Balaban J connectivity index is 1.71. The average molecular weight is 321 g/mol. The van der Waals surface area contributed by atoms with E-state index >= 15 is 0 Å². The SMILES string of the molecule is O=C(Cc1cccc(Br)c1)c1cn(C2CNC2)nn1. The van der Waals surface area contributed by atoms with E-state index in [9.17, 15) is 4.79 Å². The molecule has 0 atom stereocenters. The molecule has 98 valence electrons. The second-order valence-corrected chi connectivity index (χ2v) is 5.54. The summed E-state index contributed by atoms with van der Waals surface area (Å²) in [6.07, 6.45) is 2.09. The summed E-state index contributed by atoms with van der Waals surface area (Å²) in [5.41, 5.74) is 1.41. The van der Waals surface area contributed by atoms with E-state index in [1.807, 2.05) is 24.3 Å². The molecule has 6 heteroatoms. The van der Waals surface area contributed by atoms with Crippen LogP contribution in [0.3, 0.4) is 0 Å². The minimum absolute atomic E-state index is 0.00312. The summed E-state index contributed by atoms with van der Waals surface area (Å²) in [7, 11) is 0. The molecule has 1 aliphatic heterocycles. The number of aromatic nitrogens is 3. The number of nitrogens with zero attached hydrogens (tertiary/aromatic N) is 3. The van der Waals surface area contributed by atoms with E-state index < -0.39 is 0 Å².